The topological polar surface area (TPSA) is 34.1 Å². The Morgan fingerprint density at radius 1 is 1.20 bits per heavy atom. The highest BCUT2D eigenvalue weighted by Crippen LogP contribution is 2.12. The number of aromatic nitrogens is 1. The molecule has 0 atom stereocenters. The quantitative estimate of drug-likeness (QED) is 0.872. The lowest BCUT2D eigenvalue weighted by Gasteiger charge is -2.09. The van der Waals surface area contributed by atoms with Crippen molar-refractivity contribution in [2.24, 2.45) is 0 Å². The summed E-state index contributed by atoms with van der Waals surface area (Å²) in [5, 5.41) is 3.34. The zero-order chi connectivity index (χ0) is 14.4. The zero-order valence-corrected chi connectivity index (χ0v) is 12.4. The second-order valence-corrected chi connectivity index (χ2v) is 5.30. The highest BCUT2D eigenvalue weighted by molar-refractivity contribution is 5.24. The van der Waals surface area contributed by atoms with Crippen LogP contribution in [0.3, 0.4) is 0 Å². The average Bonchev–Trinajstić information content (AvgIpc) is 2.44. The van der Waals surface area contributed by atoms with E-state index in [2.05, 4.69) is 49.3 Å². The lowest BCUT2D eigenvalue weighted by molar-refractivity contribution is 0.304. The summed E-state index contributed by atoms with van der Waals surface area (Å²) in [7, 11) is 0. The van der Waals surface area contributed by atoms with Crippen molar-refractivity contribution in [3.8, 4) is 5.75 Å². The van der Waals surface area contributed by atoms with Gasteiger partial charge in [0.1, 0.15) is 12.4 Å². The van der Waals surface area contributed by atoms with Gasteiger partial charge in [0.2, 0.25) is 0 Å². The largest absolute Gasteiger partial charge is 0.487 e. The minimum absolute atomic E-state index is 0.467. The van der Waals surface area contributed by atoms with Crippen LogP contribution in [0.5, 0.6) is 5.75 Å². The van der Waals surface area contributed by atoms with Gasteiger partial charge in [-0.05, 0) is 24.6 Å². The molecular formula is C17H22N2O. The minimum Gasteiger partial charge on any atom is -0.487 e. The molecule has 0 radical (unpaired) electrons. The SMILES string of the molecule is Cc1cccc(COc2ccc(CNC(C)C)nc2)c1. The molecule has 0 bridgehead atoms. The first-order chi connectivity index (χ1) is 9.63. The maximum Gasteiger partial charge on any atom is 0.138 e. The van der Waals surface area contributed by atoms with Crippen molar-refractivity contribution in [1.29, 1.82) is 0 Å². The van der Waals surface area contributed by atoms with Gasteiger partial charge >= 0.3 is 0 Å². The van der Waals surface area contributed by atoms with E-state index in [-0.39, 0.29) is 0 Å². The number of rotatable bonds is 6. The fraction of sp³-hybridized carbons (Fsp3) is 0.353. The maximum atomic E-state index is 5.74. The number of aryl methyl sites for hydroxylation is 1. The third-order valence-corrected chi connectivity index (χ3v) is 2.98. The minimum atomic E-state index is 0.467. The van der Waals surface area contributed by atoms with Crippen LogP contribution in [0.25, 0.3) is 0 Å². The van der Waals surface area contributed by atoms with Gasteiger partial charge in [0.25, 0.3) is 0 Å². The average molecular weight is 270 g/mol. The van der Waals surface area contributed by atoms with Gasteiger partial charge in [-0.1, -0.05) is 43.7 Å². The Balaban J connectivity index is 1.87. The van der Waals surface area contributed by atoms with Crippen LogP contribution in [-0.2, 0) is 13.2 Å². The van der Waals surface area contributed by atoms with Crippen molar-refractivity contribution in [1.82, 2.24) is 10.3 Å². The molecule has 2 rings (SSSR count). The smallest absolute Gasteiger partial charge is 0.138 e. The summed E-state index contributed by atoms with van der Waals surface area (Å²) < 4.78 is 5.74. The molecule has 1 aromatic heterocycles. The third-order valence-electron chi connectivity index (χ3n) is 2.98. The van der Waals surface area contributed by atoms with Gasteiger partial charge in [-0.3, -0.25) is 4.98 Å². The Labute approximate surface area is 121 Å². The van der Waals surface area contributed by atoms with E-state index < -0.39 is 0 Å². The molecule has 2 aromatic rings. The first kappa shape index (κ1) is 14.5. The summed E-state index contributed by atoms with van der Waals surface area (Å²) in [6, 6.07) is 12.8. The van der Waals surface area contributed by atoms with Crippen molar-refractivity contribution >= 4 is 0 Å². The number of pyridine rings is 1. The molecule has 0 spiro atoms. The molecule has 106 valence electrons. The summed E-state index contributed by atoms with van der Waals surface area (Å²) in [5.41, 5.74) is 3.46. The van der Waals surface area contributed by atoms with Crippen molar-refractivity contribution in [2.45, 2.75) is 40.0 Å². The van der Waals surface area contributed by atoms with E-state index in [1.807, 2.05) is 18.2 Å². The lowest BCUT2D eigenvalue weighted by atomic mass is 10.1. The number of nitrogens with zero attached hydrogens (tertiary/aromatic N) is 1. The first-order valence-corrected chi connectivity index (χ1v) is 7.00. The predicted molar refractivity (Wildman–Crippen MR) is 81.7 cm³/mol. The molecule has 1 heterocycles. The zero-order valence-electron chi connectivity index (χ0n) is 12.4. The normalized spacial score (nSPS) is 10.8. The second-order valence-electron chi connectivity index (χ2n) is 5.30. The Morgan fingerprint density at radius 3 is 2.70 bits per heavy atom. The lowest BCUT2D eigenvalue weighted by Crippen LogP contribution is -2.22. The molecule has 1 N–H and O–H groups in total. The number of hydrogen-bond donors (Lipinski definition) is 1. The molecule has 0 saturated heterocycles. The van der Waals surface area contributed by atoms with Crippen molar-refractivity contribution in [2.75, 3.05) is 0 Å². The highest BCUT2D eigenvalue weighted by atomic mass is 16.5. The van der Waals surface area contributed by atoms with Crippen LogP contribution in [-0.4, -0.2) is 11.0 Å². The molecule has 0 fully saturated rings. The Hall–Kier alpha value is -1.87. The van der Waals surface area contributed by atoms with Crippen LogP contribution in [0.1, 0.15) is 30.7 Å². The molecule has 0 aliphatic heterocycles. The van der Waals surface area contributed by atoms with Crippen molar-refractivity contribution in [3.63, 3.8) is 0 Å². The Kier molecular flexibility index (Phi) is 5.13. The van der Waals surface area contributed by atoms with E-state index >= 15 is 0 Å². The monoisotopic (exact) mass is 270 g/mol. The standard InChI is InChI=1S/C17H22N2O/c1-13(2)18-10-16-7-8-17(11-19-16)20-12-15-6-4-5-14(3)9-15/h4-9,11,13,18H,10,12H2,1-3H3. The summed E-state index contributed by atoms with van der Waals surface area (Å²) in [6.45, 7) is 7.70. The van der Waals surface area contributed by atoms with E-state index in [0.717, 1.165) is 18.0 Å². The molecule has 0 amide bonds. The molecule has 0 aliphatic carbocycles. The molecule has 0 saturated carbocycles. The molecule has 0 aliphatic rings. The fourth-order valence-corrected chi connectivity index (χ4v) is 1.88. The van der Waals surface area contributed by atoms with Crippen molar-refractivity contribution < 1.29 is 4.74 Å². The van der Waals surface area contributed by atoms with Crippen molar-refractivity contribution in [3.05, 3.63) is 59.4 Å². The summed E-state index contributed by atoms with van der Waals surface area (Å²) in [4.78, 5) is 4.39. The van der Waals surface area contributed by atoms with E-state index in [4.69, 9.17) is 4.74 Å². The Bertz CT molecular complexity index is 535. The van der Waals surface area contributed by atoms with Gasteiger partial charge in [-0.25, -0.2) is 0 Å². The van der Waals surface area contributed by atoms with Gasteiger partial charge in [-0.2, -0.15) is 0 Å². The van der Waals surface area contributed by atoms with Gasteiger partial charge in [0.15, 0.2) is 0 Å². The van der Waals surface area contributed by atoms with Gasteiger partial charge < -0.3 is 10.1 Å². The van der Waals surface area contributed by atoms with E-state index in [0.29, 0.717) is 12.6 Å². The van der Waals surface area contributed by atoms with Gasteiger partial charge in [0.05, 0.1) is 11.9 Å². The van der Waals surface area contributed by atoms with Crippen LogP contribution in [0, 0.1) is 6.92 Å². The number of ether oxygens (including phenoxy) is 1. The summed E-state index contributed by atoms with van der Waals surface area (Å²) in [6.07, 6.45) is 1.78. The molecule has 20 heavy (non-hydrogen) atoms. The molecule has 0 unspecified atom stereocenters. The van der Waals surface area contributed by atoms with Gasteiger partial charge in [0, 0.05) is 12.6 Å². The van der Waals surface area contributed by atoms with Crippen LogP contribution < -0.4 is 10.1 Å². The van der Waals surface area contributed by atoms with Gasteiger partial charge in [-0.15, -0.1) is 0 Å². The van der Waals surface area contributed by atoms with Crippen LogP contribution in [0.2, 0.25) is 0 Å². The molecule has 3 heteroatoms. The van der Waals surface area contributed by atoms with Crippen LogP contribution in [0.4, 0.5) is 0 Å². The summed E-state index contributed by atoms with van der Waals surface area (Å²) in [5.74, 6) is 0.805. The molecule has 1 aromatic carbocycles. The second kappa shape index (κ2) is 7.06. The highest BCUT2D eigenvalue weighted by Gasteiger charge is 2.00. The van der Waals surface area contributed by atoms with Crippen LogP contribution in [0.15, 0.2) is 42.6 Å². The number of hydrogen-bond acceptors (Lipinski definition) is 3. The third kappa shape index (κ3) is 4.67. The predicted octanol–water partition coefficient (Wildman–Crippen LogP) is 3.47. The van der Waals surface area contributed by atoms with E-state index in [9.17, 15) is 0 Å². The summed E-state index contributed by atoms with van der Waals surface area (Å²) >= 11 is 0. The first-order valence-electron chi connectivity index (χ1n) is 7.00. The molecular weight excluding hydrogens is 248 g/mol. The number of nitrogens with one attached hydrogen (secondary N) is 1. The molecule has 3 nitrogen and oxygen atoms in total. The maximum absolute atomic E-state index is 5.74. The van der Waals surface area contributed by atoms with E-state index in [1.165, 1.54) is 11.1 Å². The van der Waals surface area contributed by atoms with E-state index in [1.54, 1.807) is 6.20 Å². The Morgan fingerprint density at radius 2 is 2.05 bits per heavy atom. The van der Waals surface area contributed by atoms with Crippen LogP contribution >= 0.6 is 0 Å². The fourth-order valence-electron chi connectivity index (χ4n) is 1.88. The number of benzene rings is 1.